The van der Waals surface area contributed by atoms with Crippen molar-refractivity contribution < 1.29 is 19.1 Å². The summed E-state index contributed by atoms with van der Waals surface area (Å²) in [4.78, 5) is 28.0. The smallest absolute Gasteiger partial charge is 0.337 e. The molecule has 7 heteroatoms. The van der Waals surface area contributed by atoms with Gasteiger partial charge in [0.25, 0.3) is 0 Å². The average molecular weight is 405 g/mol. The molecule has 30 heavy (non-hydrogen) atoms. The van der Waals surface area contributed by atoms with E-state index in [1.165, 1.54) is 7.11 Å². The Morgan fingerprint density at radius 1 is 1.07 bits per heavy atom. The molecule has 0 aliphatic heterocycles. The monoisotopic (exact) mass is 405 g/mol. The molecule has 2 amide bonds. The van der Waals surface area contributed by atoms with Crippen LogP contribution in [0.4, 0.5) is 10.5 Å². The van der Waals surface area contributed by atoms with Gasteiger partial charge in [-0.3, -0.25) is 4.98 Å². The standard InChI is InChI=1S/C23H23N3O4/c1-16(25-23(28)26-20-7-3-6-19(13-20)22(27)29-2)18-8-10-21(11-9-18)30-15-17-5-4-12-24-14-17/h3-14,16H,15H2,1-2H3,(H2,25,26,28). The Labute approximate surface area is 175 Å². The molecule has 0 aliphatic carbocycles. The van der Waals surface area contributed by atoms with Crippen molar-refractivity contribution in [1.82, 2.24) is 10.3 Å². The van der Waals surface area contributed by atoms with Crippen molar-refractivity contribution in [3.63, 3.8) is 0 Å². The van der Waals surface area contributed by atoms with E-state index >= 15 is 0 Å². The van der Waals surface area contributed by atoms with Crippen molar-refractivity contribution in [2.75, 3.05) is 12.4 Å². The molecule has 2 aromatic carbocycles. The van der Waals surface area contributed by atoms with Gasteiger partial charge in [-0.05, 0) is 48.9 Å². The molecule has 1 atom stereocenters. The average Bonchev–Trinajstić information content (AvgIpc) is 2.78. The molecule has 1 heterocycles. The lowest BCUT2D eigenvalue weighted by Gasteiger charge is -2.16. The number of nitrogens with one attached hydrogen (secondary N) is 2. The fraction of sp³-hybridized carbons (Fsp3) is 0.174. The fourth-order valence-corrected chi connectivity index (χ4v) is 2.79. The Balaban J connectivity index is 1.53. The molecular formula is C23H23N3O4. The fourth-order valence-electron chi connectivity index (χ4n) is 2.79. The van der Waals surface area contributed by atoms with E-state index in [0.717, 1.165) is 16.9 Å². The van der Waals surface area contributed by atoms with Crippen molar-refractivity contribution in [2.24, 2.45) is 0 Å². The summed E-state index contributed by atoms with van der Waals surface area (Å²) in [6.07, 6.45) is 3.48. The third-order valence-corrected chi connectivity index (χ3v) is 4.40. The highest BCUT2D eigenvalue weighted by Gasteiger charge is 2.11. The van der Waals surface area contributed by atoms with Crippen LogP contribution in [0.25, 0.3) is 0 Å². The number of hydrogen-bond acceptors (Lipinski definition) is 5. The van der Waals surface area contributed by atoms with Crippen molar-refractivity contribution in [2.45, 2.75) is 19.6 Å². The number of benzene rings is 2. The zero-order valence-electron chi connectivity index (χ0n) is 16.8. The van der Waals surface area contributed by atoms with Gasteiger partial charge in [0.1, 0.15) is 12.4 Å². The lowest BCUT2D eigenvalue weighted by Crippen LogP contribution is -2.31. The first-order valence-corrected chi connectivity index (χ1v) is 9.42. The lowest BCUT2D eigenvalue weighted by atomic mass is 10.1. The number of hydrogen-bond donors (Lipinski definition) is 2. The van der Waals surface area contributed by atoms with E-state index < -0.39 is 5.97 Å². The molecule has 0 spiro atoms. The van der Waals surface area contributed by atoms with Crippen molar-refractivity contribution in [3.05, 3.63) is 89.7 Å². The molecule has 0 saturated carbocycles. The highest BCUT2D eigenvalue weighted by Crippen LogP contribution is 2.19. The van der Waals surface area contributed by atoms with Crippen molar-refractivity contribution >= 4 is 17.7 Å². The van der Waals surface area contributed by atoms with Crippen molar-refractivity contribution in [3.8, 4) is 5.75 Å². The van der Waals surface area contributed by atoms with Gasteiger partial charge in [0.05, 0.1) is 18.7 Å². The van der Waals surface area contributed by atoms with Gasteiger partial charge in [0.15, 0.2) is 0 Å². The summed E-state index contributed by atoms with van der Waals surface area (Å²) in [6.45, 7) is 2.32. The number of carbonyl (C=O) groups excluding carboxylic acids is 2. The third kappa shape index (κ3) is 5.81. The van der Waals surface area contributed by atoms with E-state index in [0.29, 0.717) is 17.9 Å². The van der Waals surface area contributed by atoms with E-state index in [1.54, 1.807) is 36.7 Å². The number of amides is 2. The van der Waals surface area contributed by atoms with E-state index in [9.17, 15) is 9.59 Å². The largest absolute Gasteiger partial charge is 0.489 e. The highest BCUT2D eigenvalue weighted by molar-refractivity contribution is 5.94. The summed E-state index contributed by atoms with van der Waals surface area (Å²) in [5, 5.41) is 5.59. The Morgan fingerprint density at radius 2 is 1.87 bits per heavy atom. The maximum Gasteiger partial charge on any atom is 0.337 e. The number of rotatable bonds is 7. The molecule has 0 radical (unpaired) electrons. The first kappa shape index (κ1) is 20.9. The van der Waals surface area contributed by atoms with E-state index in [-0.39, 0.29) is 12.1 Å². The van der Waals surface area contributed by atoms with Gasteiger partial charge in [-0.1, -0.05) is 24.3 Å². The van der Waals surface area contributed by atoms with Crippen LogP contribution in [0, 0.1) is 0 Å². The Morgan fingerprint density at radius 3 is 2.57 bits per heavy atom. The topological polar surface area (TPSA) is 89.5 Å². The van der Waals surface area contributed by atoms with Gasteiger partial charge in [-0.25, -0.2) is 9.59 Å². The summed E-state index contributed by atoms with van der Waals surface area (Å²) in [7, 11) is 1.31. The molecule has 0 fully saturated rings. The van der Waals surface area contributed by atoms with Gasteiger partial charge >= 0.3 is 12.0 Å². The number of carbonyl (C=O) groups is 2. The predicted molar refractivity (Wildman–Crippen MR) is 113 cm³/mol. The third-order valence-electron chi connectivity index (χ3n) is 4.40. The van der Waals surface area contributed by atoms with Crippen LogP contribution >= 0.6 is 0 Å². The maximum absolute atomic E-state index is 12.3. The van der Waals surface area contributed by atoms with Gasteiger partial charge in [0, 0.05) is 23.6 Å². The van der Waals surface area contributed by atoms with E-state index in [2.05, 4.69) is 15.6 Å². The predicted octanol–water partition coefficient (Wildman–Crippen LogP) is 4.33. The number of nitrogens with zero attached hydrogens (tertiary/aromatic N) is 1. The van der Waals surface area contributed by atoms with Gasteiger partial charge in [0.2, 0.25) is 0 Å². The molecule has 0 bridgehead atoms. The van der Waals surface area contributed by atoms with E-state index in [1.807, 2.05) is 43.3 Å². The molecule has 3 rings (SSSR count). The molecule has 2 N–H and O–H groups in total. The molecular weight excluding hydrogens is 382 g/mol. The molecule has 0 aliphatic rings. The highest BCUT2D eigenvalue weighted by atomic mass is 16.5. The second-order valence-electron chi connectivity index (χ2n) is 6.61. The Hall–Kier alpha value is -3.87. The maximum atomic E-state index is 12.3. The minimum atomic E-state index is -0.460. The number of methoxy groups -OCH3 is 1. The number of anilines is 1. The minimum Gasteiger partial charge on any atom is -0.489 e. The van der Waals surface area contributed by atoms with Gasteiger partial charge in [-0.2, -0.15) is 0 Å². The summed E-state index contributed by atoms with van der Waals surface area (Å²) in [6, 6.07) is 17.3. The lowest BCUT2D eigenvalue weighted by molar-refractivity contribution is 0.0600. The normalized spacial score (nSPS) is 11.3. The Kier molecular flexibility index (Phi) is 7.00. The van der Waals surface area contributed by atoms with Crippen LogP contribution < -0.4 is 15.4 Å². The summed E-state index contributed by atoms with van der Waals surface area (Å²) < 4.78 is 10.4. The Bertz CT molecular complexity index is 991. The minimum absolute atomic E-state index is 0.221. The molecule has 1 aromatic heterocycles. The number of urea groups is 1. The number of aromatic nitrogens is 1. The molecule has 3 aromatic rings. The summed E-state index contributed by atoms with van der Waals surface area (Å²) in [5.41, 5.74) is 2.79. The SMILES string of the molecule is COC(=O)c1cccc(NC(=O)NC(C)c2ccc(OCc3cccnc3)cc2)c1. The quantitative estimate of drug-likeness (QED) is 0.571. The zero-order valence-corrected chi connectivity index (χ0v) is 16.8. The van der Waals surface area contributed by atoms with Crippen LogP contribution in [0.5, 0.6) is 5.75 Å². The van der Waals surface area contributed by atoms with Crippen LogP contribution in [0.3, 0.4) is 0 Å². The van der Waals surface area contributed by atoms with Crippen LogP contribution in [-0.4, -0.2) is 24.1 Å². The molecule has 0 saturated heterocycles. The van der Waals surface area contributed by atoms with Gasteiger partial charge < -0.3 is 20.1 Å². The van der Waals surface area contributed by atoms with Crippen LogP contribution in [0.2, 0.25) is 0 Å². The first-order chi connectivity index (χ1) is 14.5. The second kappa shape index (κ2) is 10.1. The number of ether oxygens (including phenoxy) is 2. The van der Waals surface area contributed by atoms with Crippen LogP contribution in [-0.2, 0) is 11.3 Å². The molecule has 154 valence electrons. The van der Waals surface area contributed by atoms with E-state index in [4.69, 9.17) is 9.47 Å². The number of esters is 1. The molecule has 1 unspecified atom stereocenters. The zero-order chi connectivity index (χ0) is 21.3. The second-order valence-corrected chi connectivity index (χ2v) is 6.61. The molecule has 7 nitrogen and oxygen atoms in total. The van der Waals surface area contributed by atoms with Crippen LogP contribution in [0.1, 0.15) is 34.5 Å². The van der Waals surface area contributed by atoms with Gasteiger partial charge in [-0.15, -0.1) is 0 Å². The number of pyridine rings is 1. The summed E-state index contributed by atoms with van der Waals surface area (Å²) in [5.74, 6) is 0.275. The summed E-state index contributed by atoms with van der Waals surface area (Å²) >= 11 is 0. The van der Waals surface area contributed by atoms with Crippen LogP contribution in [0.15, 0.2) is 73.1 Å². The first-order valence-electron chi connectivity index (χ1n) is 9.42. The van der Waals surface area contributed by atoms with Crippen molar-refractivity contribution in [1.29, 1.82) is 0 Å².